The zero-order chi connectivity index (χ0) is 19.7. The number of hydrogen-bond acceptors (Lipinski definition) is 7. The van der Waals surface area contributed by atoms with Gasteiger partial charge in [-0.05, 0) is 30.6 Å². The van der Waals surface area contributed by atoms with Gasteiger partial charge in [0.05, 0.1) is 6.20 Å². The predicted molar refractivity (Wildman–Crippen MR) is 100 cm³/mol. The van der Waals surface area contributed by atoms with Crippen LogP contribution in [0.3, 0.4) is 0 Å². The number of nitrogens with zero attached hydrogens (tertiary/aromatic N) is 2. The number of ether oxygens (including phenoxy) is 2. The lowest BCUT2D eigenvalue weighted by atomic mass is 9.75. The van der Waals surface area contributed by atoms with Crippen molar-refractivity contribution in [1.29, 1.82) is 0 Å². The molecule has 9 heteroatoms. The molecule has 7 nitrogen and oxygen atoms in total. The smallest absolute Gasteiger partial charge is 0.351 e. The molecule has 5 atom stereocenters. The molecule has 2 N–H and O–H groups in total. The van der Waals surface area contributed by atoms with Crippen LogP contribution < -0.4 is 11.4 Å². The third-order valence-electron chi connectivity index (χ3n) is 5.34. The van der Waals surface area contributed by atoms with Crippen molar-refractivity contribution < 1.29 is 18.7 Å². The Kier molecular flexibility index (Phi) is 6.10. The quantitative estimate of drug-likeness (QED) is 0.777. The molecule has 1 aromatic heterocycles. The summed E-state index contributed by atoms with van der Waals surface area (Å²) in [6.45, 7) is 6.46. The van der Waals surface area contributed by atoms with E-state index >= 15 is 0 Å². The van der Waals surface area contributed by atoms with Gasteiger partial charge < -0.3 is 15.2 Å². The maximum atomic E-state index is 13.6. The molecule has 1 saturated heterocycles. The van der Waals surface area contributed by atoms with Gasteiger partial charge in [-0.25, -0.2) is 14.0 Å². The number of nitrogens with two attached hydrogens (primary N) is 1. The summed E-state index contributed by atoms with van der Waals surface area (Å²) in [5, 5.41) is 0. The van der Waals surface area contributed by atoms with Gasteiger partial charge in [-0.1, -0.05) is 27.2 Å². The number of nitrogen functional groups attached to an aromatic ring is 1. The number of hydrogen-bond donors (Lipinski definition) is 1. The highest BCUT2D eigenvalue weighted by Crippen LogP contribution is 2.37. The Balaban J connectivity index is 1.65. The zero-order valence-corrected chi connectivity index (χ0v) is 16.6. The summed E-state index contributed by atoms with van der Waals surface area (Å²) in [4.78, 5) is 28.0. The van der Waals surface area contributed by atoms with Crippen molar-refractivity contribution in [3.05, 3.63) is 22.5 Å². The van der Waals surface area contributed by atoms with Gasteiger partial charge in [0.25, 0.3) is 0 Å². The van der Waals surface area contributed by atoms with E-state index in [9.17, 15) is 14.0 Å². The van der Waals surface area contributed by atoms with Crippen molar-refractivity contribution in [2.24, 2.45) is 17.8 Å². The van der Waals surface area contributed by atoms with E-state index in [1.807, 2.05) is 0 Å². The Morgan fingerprint density at radius 3 is 2.93 bits per heavy atom. The van der Waals surface area contributed by atoms with Crippen LogP contribution in [-0.2, 0) is 14.3 Å². The van der Waals surface area contributed by atoms with Crippen LogP contribution in [0.1, 0.15) is 46.3 Å². The molecule has 2 aliphatic rings. The first kappa shape index (κ1) is 20.1. The lowest BCUT2D eigenvalue weighted by molar-refractivity contribution is -0.166. The minimum absolute atomic E-state index is 0.122. The number of aromatic nitrogens is 2. The molecule has 0 unspecified atom stereocenters. The molecule has 0 amide bonds. The van der Waals surface area contributed by atoms with Crippen molar-refractivity contribution in [1.82, 2.24) is 9.55 Å². The predicted octanol–water partition coefficient (Wildman–Crippen LogP) is 2.56. The van der Waals surface area contributed by atoms with Gasteiger partial charge in [0.1, 0.15) is 12.3 Å². The molecule has 1 saturated carbocycles. The summed E-state index contributed by atoms with van der Waals surface area (Å²) < 4.78 is 26.1. The van der Waals surface area contributed by atoms with Gasteiger partial charge in [0, 0.05) is 5.75 Å². The second kappa shape index (κ2) is 8.18. The molecule has 0 bridgehead atoms. The molecular formula is C18H26FN3O4S. The largest absolute Gasteiger partial charge is 0.459 e. The van der Waals surface area contributed by atoms with E-state index in [4.69, 9.17) is 15.2 Å². The fourth-order valence-electron chi connectivity index (χ4n) is 3.78. The second-order valence-corrected chi connectivity index (χ2v) is 8.82. The molecule has 1 aliphatic carbocycles. The van der Waals surface area contributed by atoms with Crippen molar-refractivity contribution in [2.75, 3.05) is 11.5 Å². The molecule has 1 aromatic rings. The first-order chi connectivity index (χ1) is 12.8. The molecule has 0 spiro atoms. The molecule has 2 heterocycles. The van der Waals surface area contributed by atoms with E-state index in [1.54, 1.807) is 0 Å². The average Bonchev–Trinajstić information content (AvgIpc) is 3.08. The summed E-state index contributed by atoms with van der Waals surface area (Å²) in [5.41, 5.74) is 3.74. The molecule has 3 rings (SSSR count). The lowest BCUT2D eigenvalue weighted by Gasteiger charge is -2.37. The third-order valence-corrected chi connectivity index (χ3v) is 6.42. The zero-order valence-electron chi connectivity index (χ0n) is 15.8. The molecule has 0 radical (unpaired) electrons. The minimum atomic E-state index is -0.840. The Morgan fingerprint density at radius 2 is 2.22 bits per heavy atom. The summed E-state index contributed by atoms with van der Waals surface area (Å²) in [6.07, 6.45) is 3.09. The Bertz CT molecular complexity index is 757. The van der Waals surface area contributed by atoms with E-state index in [2.05, 4.69) is 25.8 Å². The number of carbonyl (C=O) groups is 1. The maximum Gasteiger partial charge on any atom is 0.351 e. The van der Waals surface area contributed by atoms with Crippen LogP contribution in [0.2, 0.25) is 0 Å². The minimum Gasteiger partial charge on any atom is -0.459 e. The molecular weight excluding hydrogens is 373 g/mol. The van der Waals surface area contributed by atoms with Crippen LogP contribution in [0, 0.1) is 23.6 Å². The van der Waals surface area contributed by atoms with Gasteiger partial charge in [-0.3, -0.25) is 4.57 Å². The number of carbonyl (C=O) groups excluding carboxylic acids is 1. The van der Waals surface area contributed by atoms with Crippen molar-refractivity contribution >= 4 is 23.5 Å². The highest BCUT2D eigenvalue weighted by Gasteiger charge is 2.39. The maximum absolute atomic E-state index is 13.6. The summed E-state index contributed by atoms with van der Waals surface area (Å²) in [6, 6.07) is 0. The van der Waals surface area contributed by atoms with Gasteiger partial charge >= 0.3 is 11.7 Å². The van der Waals surface area contributed by atoms with Crippen LogP contribution >= 0.6 is 11.8 Å². The highest BCUT2D eigenvalue weighted by molar-refractivity contribution is 8.00. The fourth-order valence-corrected chi connectivity index (χ4v) is 4.76. The molecule has 150 valence electrons. The topological polar surface area (TPSA) is 96.4 Å². The van der Waals surface area contributed by atoms with Crippen molar-refractivity contribution in [3.8, 4) is 0 Å². The number of anilines is 1. The van der Waals surface area contributed by atoms with Crippen LogP contribution in [0.25, 0.3) is 0 Å². The summed E-state index contributed by atoms with van der Waals surface area (Å²) in [5.74, 6) is -0.0872. The Morgan fingerprint density at radius 1 is 1.48 bits per heavy atom. The third kappa shape index (κ3) is 4.45. The lowest BCUT2D eigenvalue weighted by Crippen LogP contribution is -2.38. The second-order valence-electron chi connectivity index (χ2n) is 7.72. The van der Waals surface area contributed by atoms with Gasteiger partial charge in [0.2, 0.25) is 5.44 Å². The average molecular weight is 399 g/mol. The van der Waals surface area contributed by atoms with Crippen molar-refractivity contribution in [3.63, 3.8) is 0 Å². The number of rotatable bonds is 4. The number of halogens is 1. The van der Waals surface area contributed by atoms with E-state index in [0.717, 1.165) is 30.0 Å². The van der Waals surface area contributed by atoms with E-state index < -0.39 is 35.0 Å². The summed E-state index contributed by atoms with van der Waals surface area (Å²) in [7, 11) is 0. The van der Waals surface area contributed by atoms with Gasteiger partial charge in [-0.15, -0.1) is 11.8 Å². The van der Waals surface area contributed by atoms with E-state index in [1.165, 1.54) is 11.8 Å². The molecule has 1 aliphatic heterocycles. The monoisotopic (exact) mass is 399 g/mol. The van der Waals surface area contributed by atoms with E-state index in [0.29, 0.717) is 23.5 Å². The van der Waals surface area contributed by atoms with Gasteiger partial charge in [0.15, 0.2) is 11.6 Å². The van der Waals surface area contributed by atoms with Crippen molar-refractivity contribution in [2.45, 2.75) is 57.8 Å². The van der Waals surface area contributed by atoms with Crippen LogP contribution in [0.5, 0.6) is 0 Å². The normalized spacial score (nSPS) is 31.2. The Labute approximate surface area is 161 Å². The Hall–Kier alpha value is -1.61. The number of thioether (sulfide) groups is 1. The highest BCUT2D eigenvalue weighted by atomic mass is 32.2. The van der Waals surface area contributed by atoms with Crippen LogP contribution in [-0.4, -0.2) is 32.8 Å². The SMILES string of the molecule is CC(C)[C@@H]1CC[C@@H](C)C[C@H]1OC(=O)[C@H]1O[C@H](n2cc(F)c(N)nc2=O)CS1. The van der Waals surface area contributed by atoms with Crippen LogP contribution in [0.15, 0.2) is 11.0 Å². The van der Waals surface area contributed by atoms with Gasteiger partial charge in [-0.2, -0.15) is 4.98 Å². The first-order valence-electron chi connectivity index (χ1n) is 9.28. The fraction of sp³-hybridized carbons (Fsp3) is 0.722. The molecule has 0 aromatic carbocycles. The molecule has 27 heavy (non-hydrogen) atoms. The number of esters is 1. The standard InChI is InChI=1S/C18H26FN3O4S/c1-9(2)11-5-4-10(3)6-13(11)25-16(23)17-26-14(8-27-17)22-7-12(19)15(20)21-18(22)24/h7,9-11,13-14,17H,4-6,8H2,1-3H3,(H2,20,21,24)/t10-,11+,13-,14+,17+/m1/s1. The van der Waals surface area contributed by atoms with Crippen LogP contribution in [0.4, 0.5) is 10.2 Å². The van der Waals surface area contributed by atoms with E-state index in [-0.39, 0.29) is 6.10 Å². The molecule has 2 fully saturated rings. The first-order valence-corrected chi connectivity index (χ1v) is 10.3. The summed E-state index contributed by atoms with van der Waals surface area (Å²) >= 11 is 1.23.